The molecule has 1 saturated heterocycles. The van der Waals surface area contributed by atoms with Crippen molar-refractivity contribution >= 4 is 11.9 Å². The summed E-state index contributed by atoms with van der Waals surface area (Å²) in [6.45, 7) is 8.16. The monoisotopic (exact) mass is 375 g/mol. The average molecular weight is 376 g/mol. The fourth-order valence-corrected chi connectivity index (χ4v) is 3.25. The van der Waals surface area contributed by atoms with Crippen LogP contribution in [0.5, 0.6) is 0 Å². The second-order valence-corrected chi connectivity index (χ2v) is 6.78. The van der Waals surface area contributed by atoms with Crippen LogP contribution in [0.4, 0.5) is 0 Å². The lowest BCUT2D eigenvalue weighted by Crippen LogP contribution is -2.48. The number of hydrogen-bond donors (Lipinski definition) is 1. The molecule has 1 aliphatic rings. The highest BCUT2D eigenvalue weighted by Gasteiger charge is 2.25. The highest BCUT2D eigenvalue weighted by molar-refractivity contribution is 5.80. The predicted octanol–water partition coefficient (Wildman–Crippen LogP) is 3.07. The molecule has 1 fully saturated rings. The highest BCUT2D eigenvalue weighted by Crippen LogP contribution is 2.25. The largest absolute Gasteiger partial charge is 0.469 e. The molecule has 1 aromatic rings. The van der Waals surface area contributed by atoms with Crippen LogP contribution in [0, 0.1) is 6.92 Å². The van der Waals surface area contributed by atoms with Crippen molar-refractivity contribution < 1.29 is 14.3 Å². The number of aliphatic imine (C=N–C) groups is 1. The maximum absolute atomic E-state index is 11.1. The van der Waals surface area contributed by atoms with Gasteiger partial charge in [-0.3, -0.25) is 9.79 Å². The van der Waals surface area contributed by atoms with Crippen LogP contribution in [0.1, 0.15) is 49.8 Å². The van der Waals surface area contributed by atoms with Gasteiger partial charge in [0.1, 0.15) is 6.10 Å². The number of morpholine rings is 1. The van der Waals surface area contributed by atoms with Gasteiger partial charge >= 0.3 is 5.97 Å². The van der Waals surface area contributed by atoms with Crippen LogP contribution < -0.4 is 5.32 Å². The summed E-state index contributed by atoms with van der Waals surface area (Å²) in [6.07, 6.45) is 3.36. The van der Waals surface area contributed by atoms with Crippen LogP contribution in [0.15, 0.2) is 29.3 Å². The summed E-state index contributed by atoms with van der Waals surface area (Å²) in [7, 11) is 1.43. The van der Waals surface area contributed by atoms with E-state index in [-0.39, 0.29) is 12.1 Å². The molecule has 2 rings (SSSR count). The summed E-state index contributed by atoms with van der Waals surface area (Å²) in [4.78, 5) is 18.2. The van der Waals surface area contributed by atoms with Crippen molar-refractivity contribution in [2.45, 2.75) is 45.6 Å². The van der Waals surface area contributed by atoms with Crippen molar-refractivity contribution in [2.24, 2.45) is 4.99 Å². The Bertz CT molecular complexity index is 618. The summed E-state index contributed by atoms with van der Waals surface area (Å²) in [5.41, 5.74) is 2.51. The molecule has 1 aromatic carbocycles. The van der Waals surface area contributed by atoms with E-state index >= 15 is 0 Å². The first-order valence-corrected chi connectivity index (χ1v) is 9.93. The molecule has 0 bridgehead atoms. The predicted molar refractivity (Wildman–Crippen MR) is 108 cm³/mol. The van der Waals surface area contributed by atoms with E-state index < -0.39 is 0 Å². The lowest BCUT2D eigenvalue weighted by molar-refractivity contribution is -0.140. The van der Waals surface area contributed by atoms with Gasteiger partial charge in [0.15, 0.2) is 5.96 Å². The minimum absolute atomic E-state index is 0.0730. The lowest BCUT2D eigenvalue weighted by Gasteiger charge is -2.35. The van der Waals surface area contributed by atoms with E-state index in [1.165, 1.54) is 18.2 Å². The summed E-state index contributed by atoms with van der Waals surface area (Å²) in [5.74, 6) is 0.815. The molecule has 0 aliphatic carbocycles. The first-order chi connectivity index (χ1) is 13.2. The van der Waals surface area contributed by atoms with Gasteiger partial charge in [-0.1, -0.05) is 30.7 Å². The van der Waals surface area contributed by atoms with Crippen molar-refractivity contribution in [3.63, 3.8) is 0 Å². The molecule has 1 unspecified atom stereocenters. The number of aryl methyl sites for hydroxylation is 1. The summed E-state index contributed by atoms with van der Waals surface area (Å²) in [6, 6.07) is 8.41. The van der Waals surface area contributed by atoms with Gasteiger partial charge in [-0.2, -0.15) is 0 Å². The van der Waals surface area contributed by atoms with Crippen LogP contribution in [0.2, 0.25) is 0 Å². The molecule has 0 amide bonds. The summed E-state index contributed by atoms with van der Waals surface area (Å²) < 4.78 is 10.7. The molecule has 0 aromatic heterocycles. The van der Waals surface area contributed by atoms with Gasteiger partial charge in [0.05, 0.1) is 20.3 Å². The number of esters is 1. The first-order valence-electron chi connectivity index (χ1n) is 9.93. The third-order valence-electron chi connectivity index (χ3n) is 4.76. The Morgan fingerprint density at radius 2 is 2.15 bits per heavy atom. The quantitative estimate of drug-likeness (QED) is 0.327. The smallest absolute Gasteiger partial charge is 0.305 e. The Labute approximate surface area is 162 Å². The van der Waals surface area contributed by atoms with E-state index in [1.807, 2.05) is 0 Å². The molecule has 1 heterocycles. The molecular weight excluding hydrogens is 342 g/mol. The fraction of sp³-hybridized carbons (Fsp3) is 0.619. The number of carbonyl (C=O) groups excluding carboxylic acids is 1. The molecule has 0 radical (unpaired) electrons. The molecule has 27 heavy (non-hydrogen) atoms. The van der Waals surface area contributed by atoms with Gasteiger partial charge in [-0.15, -0.1) is 0 Å². The van der Waals surface area contributed by atoms with Crippen molar-refractivity contribution in [3.05, 3.63) is 35.4 Å². The maximum atomic E-state index is 11.1. The molecule has 150 valence electrons. The maximum Gasteiger partial charge on any atom is 0.305 e. The number of rotatable bonds is 8. The van der Waals surface area contributed by atoms with E-state index in [2.05, 4.69) is 53.1 Å². The third-order valence-corrected chi connectivity index (χ3v) is 4.76. The van der Waals surface area contributed by atoms with E-state index in [9.17, 15) is 4.79 Å². The summed E-state index contributed by atoms with van der Waals surface area (Å²) >= 11 is 0. The van der Waals surface area contributed by atoms with Crippen LogP contribution in [0.25, 0.3) is 0 Å². The molecule has 0 saturated carbocycles. The number of methoxy groups -OCH3 is 1. The fourth-order valence-electron chi connectivity index (χ4n) is 3.25. The number of nitrogens with one attached hydrogen (secondary N) is 1. The minimum atomic E-state index is -0.137. The van der Waals surface area contributed by atoms with E-state index in [1.54, 1.807) is 0 Å². The molecule has 0 spiro atoms. The van der Waals surface area contributed by atoms with Crippen LogP contribution >= 0.6 is 0 Å². The van der Waals surface area contributed by atoms with Crippen molar-refractivity contribution in [3.8, 4) is 0 Å². The molecule has 1 N–H and O–H groups in total. The van der Waals surface area contributed by atoms with Gasteiger partial charge in [-0.05, 0) is 37.8 Å². The van der Waals surface area contributed by atoms with Gasteiger partial charge in [0.2, 0.25) is 0 Å². The highest BCUT2D eigenvalue weighted by atomic mass is 16.5. The van der Waals surface area contributed by atoms with Crippen molar-refractivity contribution in [1.82, 2.24) is 10.2 Å². The van der Waals surface area contributed by atoms with Gasteiger partial charge in [-0.25, -0.2) is 0 Å². The number of nitrogens with zero attached hydrogens (tertiary/aromatic N) is 2. The zero-order valence-electron chi connectivity index (χ0n) is 16.9. The van der Waals surface area contributed by atoms with Crippen molar-refractivity contribution in [1.29, 1.82) is 0 Å². The normalized spacial score (nSPS) is 17.7. The second kappa shape index (κ2) is 11.6. The van der Waals surface area contributed by atoms with E-state index in [0.717, 1.165) is 51.4 Å². The van der Waals surface area contributed by atoms with Crippen LogP contribution in [0.3, 0.4) is 0 Å². The molecule has 6 nitrogen and oxygen atoms in total. The van der Waals surface area contributed by atoms with E-state index in [4.69, 9.17) is 9.73 Å². The Kier molecular flexibility index (Phi) is 9.11. The van der Waals surface area contributed by atoms with Crippen LogP contribution in [-0.4, -0.2) is 56.7 Å². The minimum Gasteiger partial charge on any atom is -0.469 e. The topological polar surface area (TPSA) is 63.2 Å². The Morgan fingerprint density at radius 1 is 1.33 bits per heavy atom. The van der Waals surface area contributed by atoms with Crippen molar-refractivity contribution in [2.75, 3.05) is 39.9 Å². The van der Waals surface area contributed by atoms with Gasteiger partial charge in [0.25, 0.3) is 0 Å². The lowest BCUT2D eigenvalue weighted by atomic mass is 10.0. The Balaban J connectivity index is 1.88. The number of ether oxygens (including phenoxy) is 2. The van der Waals surface area contributed by atoms with Crippen LogP contribution in [-0.2, 0) is 14.3 Å². The molecule has 6 heteroatoms. The molecule has 1 atom stereocenters. The summed E-state index contributed by atoms with van der Waals surface area (Å²) in [5, 5.41) is 3.40. The second-order valence-electron chi connectivity index (χ2n) is 6.78. The number of hydrogen-bond acceptors (Lipinski definition) is 4. The zero-order valence-corrected chi connectivity index (χ0v) is 16.9. The number of unbranched alkanes of at least 4 members (excludes halogenated alkanes) is 2. The number of benzene rings is 1. The first kappa shape index (κ1) is 21.2. The Morgan fingerprint density at radius 3 is 2.89 bits per heavy atom. The SMILES string of the molecule is CCNC(=NCCCCCC(=O)OC)N1CCOC(c2ccccc2C)C1. The standard InChI is InChI=1S/C21H33N3O3/c1-4-22-21(23-13-9-5-6-12-20(25)26-3)24-14-15-27-19(16-24)18-11-8-7-10-17(18)2/h7-8,10-11,19H,4-6,9,12-16H2,1-3H3,(H,22,23). The number of guanidine groups is 1. The third kappa shape index (κ3) is 6.86. The Hall–Kier alpha value is -2.08. The molecule has 1 aliphatic heterocycles. The molecular formula is C21H33N3O3. The number of carbonyl (C=O) groups is 1. The zero-order chi connectivity index (χ0) is 19.5. The van der Waals surface area contributed by atoms with Gasteiger partial charge < -0.3 is 19.7 Å². The average Bonchev–Trinajstić information content (AvgIpc) is 2.70. The van der Waals surface area contributed by atoms with E-state index in [0.29, 0.717) is 13.0 Å². The van der Waals surface area contributed by atoms with Gasteiger partial charge in [0, 0.05) is 26.1 Å².